The van der Waals surface area contributed by atoms with Crippen molar-refractivity contribution in [2.24, 2.45) is 0 Å². The Morgan fingerprint density at radius 3 is 2.18 bits per heavy atom. The maximum Gasteiger partial charge on any atom is 0.224 e. The normalized spacial score (nSPS) is 12.6. The predicted octanol–water partition coefficient (Wildman–Crippen LogP) is 3.22. The highest BCUT2D eigenvalue weighted by atomic mass is 32.2. The van der Waals surface area contributed by atoms with E-state index in [0.29, 0.717) is 12.1 Å². The highest BCUT2D eigenvalue weighted by Crippen LogP contribution is 2.20. The summed E-state index contributed by atoms with van der Waals surface area (Å²) in [5.41, 5.74) is 1.71. The average Bonchev–Trinajstić information content (AvgIpc) is 2.47. The summed E-state index contributed by atoms with van der Waals surface area (Å²) < 4.78 is 22.8. The number of carbonyl (C=O) groups excluding carboxylic acids is 1. The van der Waals surface area contributed by atoms with Crippen LogP contribution in [0.5, 0.6) is 0 Å². The number of rotatable bonds is 5. The molecule has 1 N–H and O–H groups in total. The summed E-state index contributed by atoms with van der Waals surface area (Å²) in [6, 6.07) is 16.0. The van der Waals surface area contributed by atoms with Gasteiger partial charge in [-0.25, -0.2) is 8.42 Å². The third-order valence-electron chi connectivity index (χ3n) is 3.43. The number of carbonyl (C=O) groups is 1. The van der Waals surface area contributed by atoms with E-state index in [1.165, 1.54) is 12.1 Å². The second-order valence-electron chi connectivity index (χ2n) is 5.36. The first kappa shape index (κ1) is 16.2. The van der Waals surface area contributed by atoms with Gasteiger partial charge in [-0.1, -0.05) is 37.3 Å². The van der Waals surface area contributed by atoms with Crippen molar-refractivity contribution in [1.29, 1.82) is 0 Å². The van der Waals surface area contributed by atoms with Gasteiger partial charge in [0, 0.05) is 18.4 Å². The Balaban J connectivity index is 1.98. The van der Waals surface area contributed by atoms with Crippen molar-refractivity contribution in [2.75, 3.05) is 11.6 Å². The Bertz CT molecular complexity index is 737. The molecule has 2 aromatic rings. The van der Waals surface area contributed by atoms with Gasteiger partial charge < -0.3 is 5.32 Å². The first-order valence-electron chi connectivity index (χ1n) is 7.01. The minimum Gasteiger partial charge on any atom is -0.326 e. The number of hydrogen-bond donors (Lipinski definition) is 1. The molecule has 2 aromatic carbocycles. The summed E-state index contributed by atoms with van der Waals surface area (Å²) in [5.74, 6) is 0.0277. The Morgan fingerprint density at radius 2 is 1.64 bits per heavy atom. The van der Waals surface area contributed by atoms with E-state index in [0.717, 1.165) is 11.8 Å². The van der Waals surface area contributed by atoms with E-state index in [2.05, 4.69) is 5.32 Å². The highest BCUT2D eigenvalue weighted by molar-refractivity contribution is 7.90. The van der Waals surface area contributed by atoms with Crippen molar-refractivity contribution in [1.82, 2.24) is 0 Å². The number of amides is 1. The first-order chi connectivity index (χ1) is 10.4. The van der Waals surface area contributed by atoms with Crippen LogP contribution in [-0.4, -0.2) is 20.6 Å². The summed E-state index contributed by atoms with van der Waals surface area (Å²) >= 11 is 0. The molecule has 116 valence electrons. The smallest absolute Gasteiger partial charge is 0.224 e. The molecule has 0 aliphatic rings. The van der Waals surface area contributed by atoms with Crippen molar-refractivity contribution in [3.63, 3.8) is 0 Å². The van der Waals surface area contributed by atoms with E-state index in [1.54, 1.807) is 12.1 Å². The molecule has 0 spiro atoms. The van der Waals surface area contributed by atoms with Gasteiger partial charge in [0.2, 0.25) is 5.91 Å². The Labute approximate surface area is 131 Å². The van der Waals surface area contributed by atoms with Crippen LogP contribution in [0.4, 0.5) is 5.69 Å². The molecule has 0 radical (unpaired) electrons. The minimum atomic E-state index is -3.22. The van der Waals surface area contributed by atoms with Gasteiger partial charge in [-0.3, -0.25) is 4.79 Å². The fraction of sp³-hybridized carbons (Fsp3) is 0.235. The lowest BCUT2D eigenvalue weighted by Gasteiger charge is -2.12. The molecule has 0 saturated carbocycles. The monoisotopic (exact) mass is 317 g/mol. The summed E-state index contributed by atoms with van der Waals surface area (Å²) in [6.45, 7) is 2.00. The molecule has 0 heterocycles. The zero-order valence-corrected chi connectivity index (χ0v) is 13.4. The third kappa shape index (κ3) is 4.43. The van der Waals surface area contributed by atoms with Gasteiger partial charge in [-0.05, 0) is 35.7 Å². The van der Waals surface area contributed by atoms with Crippen LogP contribution < -0.4 is 5.32 Å². The van der Waals surface area contributed by atoms with Gasteiger partial charge in [0.1, 0.15) is 0 Å². The van der Waals surface area contributed by atoms with Crippen LogP contribution >= 0.6 is 0 Å². The third-order valence-corrected chi connectivity index (χ3v) is 4.55. The molecule has 0 fully saturated rings. The van der Waals surface area contributed by atoms with E-state index < -0.39 is 9.84 Å². The van der Waals surface area contributed by atoms with Crippen LogP contribution in [0.1, 0.15) is 24.8 Å². The Hall–Kier alpha value is -2.14. The molecular formula is C17H19NO3S. The lowest BCUT2D eigenvalue weighted by atomic mass is 9.97. The SMILES string of the molecule is C[C@@H](CC(=O)Nc1ccc(S(C)(=O)=O)cc1)c1ccccc1. The zero-order valence-electron chi connectivity index (χ0n) is 12.6. The molecule has 5 heteroatoms. The Morgan fingerprint density at radius 1 is 1.05 bits per heavy atom. The average molecular weight is 317 g/mol. The first-order valence-corrected chi connectivity index (χ1v) is 8.90. The largest absolute Gasteiger partial charge is 0.326 e. The van der Waals surface area contributed by atoms with Gasteiger partial charge in [0.05, 0.1) is 4.90 Å². The topological polar surface area (TPSA) is 63.2 Å². The van der Waals surface area contributed by atoms with Crippen molar-refractivity contribution in [3.8, 4) is 0 Å². The van der Waals surface area contributed by atoms with Gasteiger partial charge in [-0.15, -0.1) is 0 Å². The molecular weight excluding hydrogens is 298 g/mol. The highest BCUT2D eigenvalue weighted by Gasteiger charge is 2.12. The van der Waals surface area contributed by atoms with Gasteiger partial charge in [-0.2, -0.15) is 0 Å². The summed E-state index contributed by atoms with van der Waals surface area (Å²) in [4.78, 5) is 12.3. The summed E-state index contributed by atoms with van der Waals surface area (Å²) in [6.07, 6.45) is 1.53. The van der Waals surface area contributed by atoms with Crippen molar-refractivity contribution >= 4 is 21.4 Å². The molecule has 4 nitrogen and oxygen atoms in total. The fourth-order valence-corrected chi connectivity index (χ4v) is 2.81. The standard InChI is InChI=1S/C17H19NO3S/c1-13(14-6-4-3-5-7-14)12-17(19)18-15-8-10-16(11-9-15)22(2,20)21/h3-11,13H,12H2,1-2H3,(H,18,19)/t13-/m0/s1. The van der Waals surface area contributed by atoms with E-state index in [9.17, 15) is 13.2 Å². The minimum absolute atomic E-state index is 0.0940. The summed E-state index contributed by atoms with van der Waals surface area (Å²) in [7, 11) is -3.22. The van der Waals surface area contributed by atoms with Crippen LogP contribution in [-0.2, 0) is 14.6 Å². The molecule has 2 rings (SSSR count). The van der Waals surface area contributed by atoms with E-state index >= 15 is 0 Å². The molecule has 0 bridgehead atoms. The predicted molar refractivity (Wildman–Crippen MR) is 87.7 cm³/mol. The molecule has 0 aliphatic carbocycles. The summed E-state index contributed by atoms with van der Waals surface area (Å²) in [5, 5.41) is 2.79. The maximum atomic E-state index is 12.0. The van der Waals surface area contributed by atoms with Crippen LogP contribution in [0.2, 0.25) is 0 Å². The number of hydrogen-bond acceptors (Lipinski definition) is 3. The molecule has 0 aromatic heterocycles. The molecule has 0 aliphatic heterocycles. The molecule has 1 amide bonds. The second kappa shape index (κ2) is 6.75. The number of anilines is 1. The zero-order chi connectivity index (χ0) is 16.2. The van der Waals surface area contributed by atoms with Crippen LogP contribution in [0.25, 0.3) is 0 Å². The molecule has 22 heavy (non-hydrogen) atoms. The van der Waals surface area contributed by atoms with Crippen LogP contribution in [0.15, 0.2) is 59.5 Å². The van der Waals surface area contributed by atoms with Crippen molar-refractivity contribution < 1.29 is 13.2 Å². The second-order valence-corrected chi connectivity index (χ2v) is 7.38. The molecule has 0 saturated heterocycles. The van der Waals surface area contributed by atoms with Crippen molar-refractivity contribution in [2.45, 2.75) is 24.2 Å². The lowest BCUT2D eigenvalue weighted by Crippen LogP contribution is -2.14. The van der Waals surface area contributed by atoms with E-state index in [4.69, 9.17) is 0 Å². The number of nitrogens with one attached hydrogen (secondary N) is 1. The van der Waals surface area contributed by atoms with Crippen LogP contribution in [0, 0.1) is 0 Å². The van der Waals surface area contributed by atoms with Crippen LogP contribution in [0.3, 0.4) is 0 Å². The van der Waals surface area contributed by atoms with E-state index in [-0.39, 0.29) is 16.7 Å². The number of sulfone groups is 1. The quantitative estimate of drug-likeness (QED) is 0.921. The lowest BCUT2D eigenvalue weighted by molar-refractivity contribution is -0.116. The molecule has 1 atom stereocenters. The number of benzene rings is 2. The van der Waals surface area contributed by atoms with Gasteiger partial charge in [0.15, 0.2) is 9.84 Å². The van der Waals surface area contributed by atoms with E-state index in [1.807, 2.05) is 37.3 Å². The van der Waals surface area contributed by atoms with Gasteiger partial charge in [0.25, 0.3) is 0 Å². The van der Waals surface area contributed by atoms with Gasteiger partial charge >= 0.3 is 0 Å². The Kier molecular flexibility index (Phi) is 4.98. The van der Waals surface area contributed by atoms with Crippen molar-refractivity contribution in [3.05, 3.63) is 60.2 Å². The maximum absolute atomic E-state index is 12.0. The molecule has 0 unspecified atom stereocenters. The fourth-order valence-electron chi connectivity index (χ4n) is 2.17.